The highest BCUT2D eigenvalue weighted by molar-refractivity contribution is 9.10. The lowest BCUT2D eigenvalue weighted by molar-refractivity contribution is 0.0652. The van der Waals surface area contributed by atoms with Crippen molar-refractivity contribution in [2.75, 3.05) is 14.2 Å². The summed E-state index contributed by atoms with van der Waals surface area (Å²) in [5, 5.41) is 12.7. The number of carboxylic acid groups (broad SMARTS) is 1. The van der Waals surface area contributed by atoms with Gasteiger partial charge < -0.3 is 19.1 Å². The van der Waals surface area contributed by atoms with Crippen LogP contribution in [0.5, 0.6) is 11.5 Å². The number of carbonyl (C=O) groups is 1. The van der Waals surface area contributed by atoms with Crippen LogP contribution in [0.15, 0.2) is 21.1 Å². The van der Waals surface area contributed by atoms with Crippen molar-refractivity contribution < 1.29 is 23.9 Å². The molecule has 0 saturated heterocycles. The number of halogens is 1. The van der Waals surface area contributed by atoms with Crippen LogP contribution in [0, 0.1) is 0 Å². The molecule has 1 aromatic heterocycles. The Labute approximate surface area is 129 Å². The van der Waals surface area contributed by atoms with Gasteiger partial charge in [-0.1, -0.05) is 12.1 Å². The number of ether oxygens (including phenoxy) is 2. The van der Waals surface area contributed by atoms with Gasteiger partial charge >= 0.3 is 5.97 Å². The zero-order valence-corrected chi connectivity index (χ0v) is 13.4. The van der Waals surface area contributed by atoms with Crippen molar-refractivity contribution in [3.63, 3.8) is 0 Å². The molecule has 0 aliphatic rings. The maximum Gasteiger partial charge on any atom is 0.374 e. The van der Waals surface area contributed by atoms with Crippen molar-refractivity contribution in [1.29, 1.82) is 0 Å². The third kappa shape index (κ3) is 2.73. The normalized spacial score (nSPS) is 10.5. The number of rotatable bonds is 5. The maximum atomic E-state index is 10.9. The Kier molecular flexibility index (Phi) is 4.52. The van der Waals surface area contributed by atoms with E-state index in [0.29, 0.717) is 28.1 Å². The van der Waals surface area contributed by atoms with E-state index >= 15 is 0 Å². The fourth-order valence-electron chi connectivity index (χ4n) is 2.14. The van der Waals surface area contributed by atoms with Crippen LogP contribution in [-0.2, 0) is 6.42 Å². The van der Waals surface area contributed by atoms with Gasteiger partial charge in [-0.3, -0.25) is 0 Å². The minimum Gasteiger partial charge on any atom is -0.493 e. The lowest BCUT2D eigenvalue weighted by atomic mass is 10.0. The van der Waals surface area contributed by atoms with E-state index in [4.69, 9.17) is 19.1 Å². The molecule has 1 N–H and O–H groups in total. The lowest BCUT2D eigenvalue weighted by Gasteiger charge is -2.16. The molecule has 1 aromatic carbocycles. The summed E-state index contributed by atoms with van der Waals surface area (Å²) in [6, 6.07) is 3.19. The summed E-state index contributed by atoms with van der Waals surface area (Å²) in [7, 11) is 3.11. The summed E-state index contributed by atoms with van der Waals surface area (Å²) in [4.78, 5) is 10.9. The number of carboxylic acids is 1. The number of hydrogen-bond acceptors (Lipinski definition) is 5. The van der Waals surface area contributed by atoms with Crippen LogP contribution in [0.2, 0.25) is 0 Å². The number of aromatic nitrogens is 1. The molecule has 0 unspecified atom stereocenters. The predicted octanol–water partition coefficient (Wildman–Crippen LogP) is 3.38. The Morgan fingerprint density at radius 3 is 2.48 bits per heavy atom. The Morgan fingerprint density at radius 2 is 2.00 bits per heavy atom. The zero-order chi connectivity index (χ0) is 15.6. The van der Waals surface area contributed by atoms with Crippen LogP contribution < -0.4 is 9.47 Å². The van der Waals surface area contributed by atoms with Gasteiger partial charge in [-0.05, 0) is 28.4 Å². The Bertz CT molecular complexity index is 680. The lowest BCUT2D eigenvalue weighted by Crippen LogP contribution is -1.99. The van der Waals surface area contributed by atoms with E-state index in [0.717, 1.165) is 11.1 Å². The van der Waals surface area contributed by atoms with Gasteiger partial charge in [0, 0.05) is 17.2 Å². The minimum absolute atomic E-state index is 0.210. The van der Waals surface area contributed by atoms with Gasteiger partial charge in [0.1, 0.15) is 5.69 Å². The third-order valence-electron chi connectivity index (χ3n) is 3.05. The molecule has 2 rings (SSSR count). The maximum absolute atomic E-state index is 10.9. The molecule has 7 heteroatoms. The summed E-state index contributed by atoms with van der Waals surface area (Å²) in [6.07, 6.45) is 0.664. The minimum atomic E-state index is -1.16. The molecule has 112 valence electrons. The molecular weight excluding hydrogens is 342 g/mol. The fraction of sp³-hybridized carbons (Fsp3) is 0.286. The summed E-state index contributed by atoms with van der Waals surface area (Å²) in [6.45, 7) is 1.97. The topological polar surface area (TPSA) is 81.8 Å². The summed E-state index contributed by atoms with van der Waals surface area (Å²) < 4.78 is 16.3. The van der Waals surface area contributed by atoms with E-state index in [2.05, 4.69) is 21.1 Å². The number of methoxy groups -OCH3 is 2. The van der Waals surface area contributed by atoms with Gasteiger partial charge in [0.15, 0.2) is 11.5 Å². The first-order valence-electron chi connectivity index (χ1n) is 6.17. The van der Waals surface area contributed by atoms with Crippen LogP contribution >= 0.6 is 15.9 Å². The van der Waals surface area contributed by atoms with Crippen molar-refractivity contribution in [2.24, 2.45) is 0 Å². The first kappa shape index (κ1) is 15.4. The molecule has 2 aromatic rings. The first-order chi connectivity index (χ1) is 10.0. The van der Waals surface area contributed by atoms with E-state index in [9.17, 15) is 4.79 Å². The SMILES string of the molecule is CCc1c(-c2cc(C(=O)O)on2)cc(Br)c(OC)c1OC. The first-order valence-corrected chi connectivity index (χ1v) is 6.96. The molecule has 0 atom stereocenters. The van der Waals surface area contributed by atoms with Gasteiger partial charge in [-0.25, -0.2) is 4.79 Å². The molecule has 0 amide bonds. The summed E-state index contributed by atoms with van der Waals surface area (Å²) >= 11 is 3.42. The molecule has 0 spiro atoms. The molecular formula is C14H14BrNO5. The number of benzene rings is 1. The van der Waals surface area contributed by atoms with Gasteiger partial charge in [0.25, 0.3) is 0 Å². The number of aromatic carboxylic acids is 1. The molecule has 0 aliphatic heterocycles. The molecule has 0 radical (unpaired) electrons. The fourth-order valence-corrected chi connectivity index (χ4v) is 2.71. The van der Waals surface area contributed by atoms with E-state index in [1.54, 1.807) is 14.2 Å². The van der Waals surface area contributed by atoms with E-state index in [1.807, 2.05) is 13.0 Å². The Morgan fingerprint density at radius 1 is 1.33 bits per heavy atom. The molecule has 0 bridgehead atoms. The largest absolute Gasteiger partial charge is 0.493 e. The molecule has 6 nitrogen and oxygen atoms in total. The second-order valence-electron chi connectivity index (χ2n) is 4.19. The second-order valence-corrected chi connectivity index (χ2v) is 5.04. The van der Waals surface area contributed by atoms with E-state index < -0.39 is 5.97 Å². The number of nitrogens with zero attached hydrogens (tertiary/aromatic N) is 1. The third-order valence-corrected chi connectivity index (χ3v) is 3.64. The van der Waals surface area contributed by atoms with Crippen molar-refractivity contribution >= 4 is 21.9 Å². The van der Waals surface area contributed by atoms with E-state index in [-0.39, 0.29) is 5.76 Å². The van der Waals surface area contributed by atoms with Crippen molar-refractivity contribution in [3.8, 4) is 22.8 Å². The van der Waals surface area contributed by atoms with Crippen LogP contribution in [0.25, 0.3) is 11.3 Å². The van der Waals surface area contributed by atoms with Crippen molar-refractivity contribution in [1.82, 2.24) is 5.16 Å². The Balaban J connectivity index is 2.67. The predicted molar refractivity (Wildman–Crippen MR) is 79.1 cm³/mol. The van der Waals surface area contributed by atoms with Gasteiger partial charge in [-0.15, -0.1) is 0 Å². The zero-order valence-electron chi connectivity index (χ0n) is 11.8. The van der Waals surface area contributed by atoms with Crippen LogP contribution in [0.4, 0.5) is 0 Å². The van der Waals surface area contributed by atoms with Crippen LogP contribution in [-0.4, -0.2) is 30.5 Å². The molecule has 0 saturated carbocycles. The van der Waals surface area contributed by atoms with Crippen LogP contribution in [0.3, 0.4) is 0 Å². The summed E-state index contributed by atoms with van der Waals surface area (Å²) in [5.41, 5.74) is 2.03. The molecule has 1 heterocycles. The Hall–Kier alpha value is -2.02. The van der Waals surface area contributed by atoms with Crippen LogP contribution in [0.1, 0.15) is 23.0 Å². The van der Waals surface area contributed by atoms with Crippen molar-refractivity contribution in [3.05, 3.63) is 27.9 Å². The highest BCUT2D eigenvalue weighted by Gasteiger charge is 2.21. The summed E-state index contributed by atoms with van der Waals surface area (Å²) in [5.74, 6) is -0.200. The van der Waals surface area contributed by atoms with Gasteiger partial charge in [-0.2, -0.15) is 0 Å². The highest BCUT2D eigenvalue weighted by Crippen LogP contribution is 2.43. The second kappa shape index (κ2) is 6.17. The number of hydrogen-bond donors (Lipinski definition) is 1. The molecule has 0 fully saturated rings. The highest BCUT2D eigenvalue weighted by atomic mass is 79.9. The van der Waals surface area contributed by atoms with Gasteiger partial charge in [0.2, 0.25) is 5.76 Å². The van der Waals surface area contributed by atoms with Gasteiger partial charge in [0.05, 0.1) is 18.7 Å². The molecule has 0 aliphatic carbocycles. The smallest absolute Gasteiger partial charge is 0.374 e. The quantitative estimate of drug-likeness (QED) is 0.885. The average molecular weight is 356 g/mol. The van der Waals surface area contributed by atoms with Crippen molar-refractivity contribution in [2.45, 2.75) is 13.3 Å². The van der Waals surface area contributed by atoms with E-state index in [1.165, 1.54) is 6.07 Å². The monoisotopic (exact) mass is 355 g/mol. The molecule has 21 heavy (non-hydrogen) atoms. The average Bonchev–Trinajstić information content (AvgIpc) is 2.95. The standard InChI is InChI=1S/C14H14BrNO5/c1-4-7-8(10-6-11(14(17)18)21-16-10)5-9(15)13(20-3)12(7)19-2/h5-6H,4H2,1-3H3,(H,17,18).